The normalized spacial score (nSPS) is 19.6. The van der Waals surface area contributed by atoms with E-state index in [9.17, 15) is 9.90 Å². The zero-order valence-electron chi connectivity index (χ0n) is 10.6. The molecule has 1 aliphatic heterocycles. The number of hydrogen-bond donors (Lipinski definition) is 1. The van der Waals surface area contributed by atoms with Crippen LogP contribution in [0.4, 0.5) is 0 Å². The highest BCUT2D eigenvalue weighted by Crippen LogP contribution is 2.33. The van der Waals surface area contributed by atoms with Crippen molar-refractivity contribution >= 4 is 5.97 Å². The summed E-state index contributed by atoms with van der Waals surface area (Å²) in [7, 11) is 0. The van der Waals surface area contributed by atoms with Gasteiger partial charge >= 0.3 is 5.97 Å². The molecule has 2 aliphatic rings. The van der Waals surface area contributed by atoms with E-state index in [-0.39, 0.29) is 0 Å². The molecule has 1 fully saturated rings. The molecule has 0 aromatic heterocycles. The fourth-order valence-corrected chi connectivity index (χ4v) is 2.83. The molecule has 1 heterocycles. The zero-order chi connectivity index (χ0) is 12.5. The van der Waals surface area contributed by atoms with Gasteiger partial charge in [-0.05, 0) is 42.5 Å². The molecule has 96 valence electrons. The van der Waals surface area contributed by atoms with Gasteiger partial charge in [-0.2, -0.15) is 0 Å². The molecular weight excluding hydrogens is 226 g/mol. The van der Waals surface area contributed by atoms with Crippen LogP contribution in [-0.4, -0.2) is 29.1 Å². The quantitative estimate of drug-likeness (QED) is 0.886. The first-order chi connectivity index (χ1) is 8.74. The van der Waals surface area contributed by atoms with Crippen LogP contribution < -0.4 is 0 Å². The van der Waals surface area contributed by atoms with Crippen molar-refractivity contribution in [1.82, 2.24) is 4.90 Å². The van der Waals surface area contributed by atoms with Gasteiger partial charge in [0.05, 0.1) is 5.56 Å². The Morgan fingerprint density at radius 3 is 2.94 bits per heavy atom. The van der Waals surface area contributed by atoms with E-state index < -0.39 is 5.97 Å². The molecule has 18 heavy (non-hydrogen) atoms. The van der Waals surface area contributed by atoms with E-state index in [0.29, 0.717) is 5.56 Å². The summed E-state index contributed by atoms with van der Waals surface area (Å²) in [5.41, 5.74) is 2.75. The standard InChI is InChI=1S/C15H19NO2/c17-15(18)14-3-1-2-12-10-16(9-7-13(12)14)8-6-11-4-5-11/h1-3,11H,4-10H2,(H,17,18). The first kappa shape index (κ1) is 11.7. The highest BCUT2D eigenvalue weighted by atomic mass is 16.4. The van der Waals surface area contributed by atoms with Gasteiger partial charge in [0.2, 0.25) is 0 Å². The van der Waals surface area contributed by atoms with Crippen molar-refractivity contribution in [2.24, 2.45) is 5.92 Å². The summed E-state index contributed by atoms with van der Waals surface area (Å²) in [5.74, 6) is 0.176. The highest BCUT2D eigenvalue weighted by Gasteiger charge is 2.24. The molecule has 0 spiro atoms. The van der Waals surface area contributed by atoms with Crippen LogP contribution in [0, 0.1) is 5.92 Å². The second-order valence-electron chi connectivity index (χ2n) is 5.51. The molecule has 0 unspecified atom stereocenters. The Morgan fingerprint density at radius 1 is 1.39 bits per heavy atom. The van der Waals surface area contributed by atoms with Gasteiger partial charge in [-0.25, -0.2) is 4.79 Å². The largest absolute Gasteiger partial charge is 0.478 e. The fourth-order valence-electron chi connectivity index (χ4n) is 2.83. The molecule has 0 bridgehead atoms. The van der Waals surface area contributed by atoms with Crippen LogP contribution in [-0.2, 0) is 13.0 Å². The van der Waals surface area contributed by atoms with E-state index >= 15 is 0 Å². The molecule has 3 nitrogen and oxygen atoms in total. The first-order valence-corrected chi connectivity index (χ1v) is 6.80. The van der Waals surface area contributed by atoms with Crippen LogP contribution in [0.2, 0.25) is 0 Å². The Hall–Kier alpha value is -1.35. The highest BCUT2D eigenvalue weighted by molar-refractivity contribution is 5.89. The minimum Gasteiger partial charge on any atom is -0.478 e. The number of carboxylic acids is 1. The van der Waals surface area contributed by atoms with Gasteiger partial charge in [-0.15, -0.1) is 0 Å². The average molecular weight is 245 g/mol. The lowest BCUT2D eigenvalue weighted by Gasteiger charge is -2.29. The molecular formula is C15H19NO2. The minimum absolute atomic E-state index is 0.495. The monoisotopic (exact) mass is 245 g/mol. The second-order valence-corrected chi connectivity index (χ2v) is 5.51. The number of rotatable bonds is 4. The maximum atomic E-state index is 11.2. The summed E-state index contributed by atoms with van der Waals surface area (Å²) in [6.45, 7) is 3.09. The van der Waals surface area contributed by atoms with Gasteiger partial charge < -0.3 is 5.11 Å². The van der Waals surface area contributed by atoms with Gasteiger partial charge in [0.15, 0.2) is 0 Å². The van der Waals surface area contributed by atoms with Crippen molar-refractivity contribution in [2.75, 3.05) is 13.1 Å². The van der Waals surface area contributed by atoms with Crippen LogP contribution in [0.3, 0.4) is 0 Å². The molecule has 0 radical (unpaired) electrons. The van der Waals surface area contributed by atoms with Crippen LogP contribution in [0.15, 0.2) is 18.2 Å². The summed E-state index contributed by atoms with van der Waals surface area (Å²) in [6, 6.07) is 5.67. The van der Waals surface area contributed by atoms with Crippen molar-refractivity contribution in [1.29, 1.82) is 0 Å². The van der Waals surface area contributed by atoms with Gasteiger partial charge in [0.1, 0.15) is 0 Å². The van der Waals surface area contributed by atoms with Gasteiger partial charge in [0.25, 0.3) is 0 Å². The summed E-state index contributed by atoms with van der Waals surface area (Å²) in [4.78, 5) is 13.6. The predicted molar refractivity (Wildman–Crippen MR) is 69.7 cm³/mol. The molecule has 1 aliphatic carbocycles. The van der Waals surface area contributed by atoms with Crippen molar-refractivity contribution < 1.29 is 9.90 Å². The van der Waals surface area contributed by atoms with Crippen molar-refractivity contribution in [3.63, 3.8) is 0 Å². The SMILES string of the molecule is O=C(O)c1cccc2c1CCN(CCC1CC1)C2. The lowest BCUT2D eigenvalue weighted by molar-refractivity contribution is 0.0694. The van der Waals surface area contributed by atoms with Crippen molar-refractivity contribution in [2.45, 2.75) is 32.2 Å². The summed E-state index contributed by atoms with van der Waals surface area (Å²) in [6.07, 6.45) is 5.01. The molecule has 1 saturated carbocycles. The summed E-state index contributed by atoms with van der Waals surface area (Å²) >= 11 is 0. The number of fused-ring (bicyclic) bond motifs is 1. The number of aromatic carboxylic acids is 1. The van der Waals surface area contributed by atoms with E-state index in [1.807, 2.05) is 6.07 Å². The maximum absolute atomic E-state index is 11.2. The molecule has 1 aromatic rings. The first-order valence-electron chi connectivity index (χ1n) is 6.80. The van der Waals surface area contributed by atoms with Crippen molar-refractivity contribution in [3.8, 4) is 0 Å². The van der Waals surface area contributed by atoms with Gasteiger partial charge in [0, 0.05) is 13.1 Å². The fraction of sp³-hybridized carbons (Fsp3) is 0.533. The van der Waals surface area contributed by atoms with E-state index in [1.165, 1.54) is 31.4 Å². The third-order valence-electron chi connectivity index (χ3n) is 4.13. The lowest BCUT2D eigenvalue weighted by Crippen LogP contribution is -2.32. The zero-order valence-corrected chi connectivity index (χ0v) is 10.6. The number of carboxylic acid groups (broad SMARTS) is 1. The molecule has 3 rings (SSSR count). The third kappa shape index (κ3) is 2.41. The van der Waals surface area contributed by atoms with Crippen LogP contribution in [0.1, 0.15) is 40.7 Å². The van der Waals surface area contributed by atoms with Gasteiger partial charge in [-0.1, -0.05) is 25.0 Å². The maximum Gasteiger partial charge on any atom is 0.335 e. The van der Waals surface area contributed by atoms with Crippen LogP contribution in [0.5, 0.6) is 0 Å². The Balaban J connectivity index is 1.72. The molecule has 1 aromatic carbocycles. The van der Waals surface area contributed by atoms with E-state index in [2.05, 4.69) is 11.0 Å². The second kappa shape index (κ2) is 4.73. The third-order valence-corrected chi connectivity index (χ3v) is 4.13. The Kier molecular flexibility index (Phi) is 3.08. The number of nitrogens with zero attached hydrogens (tertiary/aromatic N) is 1. The lowest BCUT2D eigenvalue weighted by atomic mass is 9.94. The molecule has 3 heteroatoms. The number of carbonyl (C=O) groups is 1. The van der Waals surface area contributed by atoms with E-state index in [1.54, 1.807) is 6.07 Å². The minimum atomic E-state index is -0.793. The van der Waals surface area contributed by atoms with E-state index in [0.717, 1.165) is 31.0 Å². The average Bonchev–Trinajstić information content (AvgIpc) is 3.19. The summed E-state index contributed by atoms with van der Waals surface area (Å²) < 4.78 is 0. The molecule has 1 N–H and O–H groups in total. The predicted octanol–water partition coefficient (Wildman–Crippen LogP) is 2.54. The summed E-state index contributed by atoms with van der Waals surface area (Å²) in [5, 5.41) is 9.18. The Labute approximate surface area is 107 Å². The Morgan fingerprint density at radius 2 is 2.22 bits per heavy atom. The Bertz CT molecular complexity index is 466. The van der Waals surface area contributed by atoms with E-state index in [4.69, 9.17) is 0 Å². The molecule has 0 atom stereocenters. The molecule has 0 saturated heterocycles. The van der Waals surface area contributed by atoms with Gasteiger partial charge in [-0.3, -0.25) is 4.90 Å². The van der Waals surface area contributed by atoms with Crippen LogP contribution >= 0.6 is 0 Å². The topological polar surface area (TPSA) is 40.5 Å². The number of hydrogen-bond acceptors (Lipinski definition) is 2. The van der Waals surface area contributed by atoms with Crippen molar-refractivity contribution in [3.05, 3.63) is 34.9 Å². The van der Waals surface area contributed by atoms with Crippen LogP contribution in [0.25, 0.3) is 0 Å². The molecule has 0 amide bonds. The number of benzene rings is 1. The smallest absolute Gasteiger partial charge is 0.335 e.